The third kappa shape index (κ3) is 4.16. The Morgan fingerprint density at radius 2 is 1.46 bits per heavy atom. The highest BCUT2D eigenvalue weighted by Gasteiger charge is 2.21. The van der Waals surface area contributed by atoms with Gasteiger partial charge in [-0.05, 0) is 30.3 Å². The Kier molecular flexibility index (Phi) is 7.77. The van der Waals surface area contributed by atoms with Crippen molar-refractivity contribution < 1.29 is 39.7 Å². The van der Waals surface area contributed by atoms with Gasteiger partial charge >= 0.3 is 11.9 Å². The fraction of sp³-hybridized carbons (Fsp3) is 0.0667. The molecule has 0 aliphatic rings. The first kappa shape index (κ1) is 21.2. The molecule has 2 aromatic carbocycles. The number of benzene rings is 2. The molecular formula is C15H16O8S. The maximum absolute atomic E-state index is 12.6. The van der Waals surface area contributed by atoms with E-state index in [-0.39, 0.29) is 31.9 Å². The lowest BCUT2D eigenvalue weighted by molar-refractivity contribution is 0.0683. The zero-order valence-corrected chi connectivity index (χ0v) is 13.3. The molecule has 130 valence electrons. The summed E-state index contributed by atoms with van der Waals surface area (Å²) in [5.41, 5.74) is -0.328. The number of rotatable bonds is 5. The van der Waals surface area contributed by atoms with Crippen molar-refractivity contribution in [3.8, 4) is 5.75 Å². The Morgan fingerprint density at radius 1 is 0.917 bits per heavy atom. The van der Waals surface area contributed by atoms with Crippen LogP contribution in [0.5, 0.6) is 5.75 Å². The molecule has 1 atom stereocenters. The first-order valence-electron chi connectivity index (χ1n) is 6.11. The van der Waals surface area contributed by atoms with Gasteiger partial charge in [0.25, 0.3) is 0 Å². The number of hydrogen-bond donors (Lipinski definition) is 2. The molecule has 2 aromatic rings. The SMILES string of the molecule is COc1ccc(S(=O)c2ccccc2C(=O)O)c(C(=O)O)c1.O.O. The molecule has 0 spiro atoms. The summed E-state index contributed by atoms with van der Waals surface area (Å²) in [5, 5.41) is 18.4. The first-order valence-corrected chi connectivity index (χ1v) is 7.26. The predicted molar refractivity (Wildman–Crippen MR) is 85.3 cm³/mol. The molecule has 0 aromatic heterocycles. The van der Waals surface area contributed by atoms with Gasteiger partial charge in [0, 0.05) is 0 Å². The van der Waals surface area contributed by atoms with E-state index in [4.69, 9.17) is 9.84 Å². The second-order valence-electron chi connectivity index (χ2n) is 4.24. The minimum atomic E-state index is -1.94. The quantitative estimate of drug-likeness (QED) is 0.796. The lowest BCUT2D eigenvalue weighted by Gasteiger charge is -2.10. The summed E-state index contributed by atoms with van der Waals surface area (Å²) in [6.45, 7) is 0. The van der Waals surface area contributed by atoms with Gasteiger partial charge in [-0.25, -0.2) is 13.8 Å². The second kappa shape index (κ2) is 8.77. The third-order valence-electron chi connectivity index (χ3n) is 2.93. The Balaban J connectivity index is 0.00000264. The van der Waals surface area contributed by atoms with Gasteiger partial charge in [-0.15, -0.1) is 0 Å². The molecule has 0 saturated carbocycles. The van der Waals surface area contributed by atoms with E-state index in [0.29, 0.717) is 5.75 Å². The van der Waals surface area contributed by atoms with Crippen LogP contribution in [0.15, 0.2) is 52.3 Å². The number of carboxylic acids is 2. The van der Waals surface area contributed by atoms with Crippen molar-refractivity contribution in [3.63, 3.8) is 0 Å². The largest absolute Gasteiger partial charge is 0.497 e. The van der Waals surface area contributed by atoms with Crippen LogP contribution < -0.4 is 4.74 Å². The van der Waals surface area contributed by atoms with Crippen LogP contribution in [0, 0.1) is 0 Å². The maximum Gasteiger partial charge on any atom is 0.337 e. The van der Waals surface area contributed by atoms with Crippen LogP contribution >= 0.6 is 0 Å². The van der Waals surface area contributed by atoms with E-state index in [2.05, 4.69) is 0 Å². The summed E-state index contributed by atoms with van der Waals surface area (Å²) in [5.74, 6) is -2.19. The molecule has 24 heavy (non-hydrogen) atoms. The van der Waals surface area contributed by atoms with Crippen LogP contribution in [0.2, 0.25) is 0 Å². The highest BCUT2D eigenvalue weighted by atomic mass is 32.2. The van der Waals surface area contributed by atoms with Gasteiger partial charge < -0.3 is 25.9 Å². The lowest BCUT2D eigenvalue weighted by Crippen LogP contribution is -2.09. The van der Waals surface area contributed by atoms with Gasteiger partial charge in [-0.1, -0.05) is 12.1 Å². The van der Waals surface area contributed by atoms with E-state index in [0.717, 1.165) is 0 Å². The van der Waals surface area contributed by atoms with Crippen molar-refractivity contribution >= 4 is 22.7 Å². The normalized spacial score (nSPS) is 10.7. The Hall–Kier alpha value is -2.75. The number of hydrogen-bond acceptors (Lipinski definition) is 4. The van der Waals surface area contributed by atoms with Crippen molar-refractivity contribution in [2.45, 2.75) is 9.79 Å². The smallest absolute Gasteiger partial charge is 0.337 e. The summed E-state index contributed by atoms with van der Waals surface area (Å²) >= 11 is 0. The number of aromatic carboxylic acids is 2. The van der Waals surface area contributed by atoms with Gasteiger partial charge in [0.2, 0.25) is 0 Å². The molecule has 1 unspecified atom stereocenters. The van der Waals surface area contributed by atoms with Gasteiger partial charge in [0.15, 0.2) is 0 Å². The third-order valence-corrected chi connectivity index (χ3v) is 4.45. The van der Waals surface area contributed by atoms with Crippen molar-refractivity contribution in [2.75, 3.05) is 7.11 Å². The fourth-order valence-corrected chi connectivity index (χ4v) is 3.22. The van der Waals surface area contributed by atoms with Crippen molar-refractivity contribution in [1.82, 2.24) is 0 Å². The molecule has 8 nitrogen and oxygen atoms in total. The molecule has 0 aliphatic carbocycles. The van der Waals surface area contributed by atoms with Crippen LogP contribution in [-0.2, 0) is 10.8 Å². The van der Waals surface area contributed by atoms with E-state index >= 15 is 0 Å². The molecule has 2 rings (SSSR count). The lowest BCUT2D eigenvalue weighted by atomic mass is 10.2. The Labute approximate surface area is 139 Å². The minimum Gasteiger partial charge on any atom is -0.497 e. The zero-order valence-electron chi connectivity index (χ0n) is 12.5. The van der Waals surface area contributed by atoms with Gasteiger partial charge in [-0.2, -0.15) is 0 Å². The first-order chi connectivity index (χ1) is 10.5. The standard InChI is InChI=1S/C15H12O6S.2H2O/c1-21-9-6-7-13(11(8-9)15(18)19)22(20)12-5-3-2-4-10(12)14(16)17;;/h2-8H,1H3,(H,16,17)(H,18,19);2*1H2. The minimum absolute atomic E-state index is 0. The average Bonchev–Trinajstić information content (AvgIpc) is 2.53. The summed E-state index contributed by atoms with van der Waals surface area (Å²) in [4.78, 5) is 22.6. The van der Waals surface area contributed by atoms with Crippen molar-refractivity contribution in [3.05, 3.63) is 53.6 Å². The number of methoxy groups -OCH3 is 1. The van der Waals surface area contributed by atoms with Crippen LogP contribution in [0.25, 0.3) is 0 Å². The summed E-state index contributed by atoms with van der Waals surface area (Å²) in [6, 6.07) is 9.86. The molecule has 0 fully saturated rings. The Bertz CT molecular complexity index is 772. The van der Waals surface area contributed by atoms with Gasteiger partial charge in [0.1, 0.15) is 5.75 Å². The van der Waals surface area contributed by atoms with Crippen LogP contribution in [-0.4, -0.2) is 44.4 Å². The van der Waals surface area contributed by atoms with Gasteiger partial charge in [-0.3, -0.25) is 0 Å². The molecule has 6 N–H and O–H groups in total. The van der Waals surface area contributed by atoms with Crippen molar-refractivity contribution in [2.24, 2.45) is 0 Å². The van der Waals surface area contributed by atoms with Crippen LogP contribution in [0.3, 0.4) is 0 Å². The highest BCUT2D eigenvalue weighted by molar-refractivity contribution is 7.85. The molecule has 0 amide bonds. The van der Waals surface area contributed by atoms with Gasteiger partial charge in [0.05, 0.1) is 38.8 Å². The predicted octanol–water partition coefficient (Wildman–Crippen LogP) is 0.609. The van der Waals surface area contributed by atoms with E-state index in [1.165, 1.54) is 43.5 Å². The Morgan fingerprint density at radius 3 is 2.00 bits per heavy atom. The topological polar surface area (TPSA) is 164 Å². The maximum atomic E-state index is 12.6. The summed E-state index contributed by atoms with van der Waals surface area (Å²) < 4.78 is 17.6. The molecule has 9 heteroatoms. The molecule has 0 aliphatic heterocycles. The zero-order chi connectivity index (χ0) is 16.3. The number of carboxylic acid groups (broad SMARTS) is 2. The molecule has 0 bridgehead atoms. The monoisotopic (exact) mass is 356 g/mol. The van der Waals surface area contributed by atoms with E-state index in [1.54, 1.807) is 6.07 Å². The van der Waals surface area contributed by atoms with E-state index < -0.39 is 22.7 Å². The average molecular weight is 356 g/mol. The molecular weight excluding hydrogens is 340 g/mol. The van der Waals surface area contributed by atoms with E-state index in [1.807, 2.05) is 0 Å². The molecule has 0 heterocycles. The van der Waals surface area contributed by atoms with Crippen LogP contribution in [0.1, 0.15) is 20.7 Å². The fourth-order valence-electron chi connectivity index (χ4n) is 1.89. The highest BCUT2D eigenvalue weighted by Crippen LogP contribution is 2.26. The second-order valence-corrected chi connectivity index (χ2v) is 5.65. The van der Waals surface area contributed by atoms with Crippen molar-refractivity contribution in [1.29, 1.82) is 0 Å². The summed E-state index contributed by atoms with van der Waals surface area (Å²) in [6.07, 6.45) is 0. The number of ether oxygens (including phenoxy) is 1. The molecule has 0 radical (unpaired) electrons. The van der Waals surface area contributed by atoms with E-state index in [9.17, 15) is 18.9 Å². The van der Waals surface area contributed by atoms with Crippen LogP contribution in [0.4, 0.5) is 0 Å². The molecule has 0 saturated heterocycles. The summed E-state index contributed by atoms with van der Waals surface area (Å²) in [7, 11) is -0.552. The number of carbonyl (C=O) groups is 2.